The maximum atomic E-state index is 4.52. The fourth-order valence-corrected chi connectivity index (χ4v) is 3.18. The van der Waals surface area contributed by atoms with Crippen molar-refractivity contribution in [3.8, 4) is 0 Å². The molecule has 0 aliphatic carbocycles. The lowest BCUT2D eigenvalue weighted by atomic mass is 10.1. The lowest BCUT2D eigenvalue weighted by Crippen LogP contribution is -2.47. The van der Waals surface area contributed by atoms with Crippen LogP contribution in [-0.2, 0) is 0 Å². The molecule has 1 N–H and O–H groups in total. The van der Waals surface area contributed by atoms with Gasteiger partial charge in [-0.15, -0.1) is 0 Å². The maximum absolute atomic E-state index is 4.52. The molecule has 0 bridgehead atoms. The second-order valence-electron chi connectivity index (χ2n) is 6.48. The highest BCUT2D eigenvalue weighted by Crippen LogP contribution is 2.24. The first-order valence-corrected chi connectivity index (χ1v) is 8.15. The number of aryl methyl sites for hydroxylation is 1. The van der Waals surface area contributed by atoms with Crippen molar-refractivity contribution in [1.82, 2.24) is 14.8 Å². The molecule has 0 amide bonds. The molecule has 3 rings (SSSR count). The Balaban J connectivity index is 1.69. The summed E-state index contributed by atoms with van der Waals surface area (Å²) in [6.07, 6.45) is 1.90. The van der Waals surface area contributed by atoms with Gasteiger partial charge in [0.25, 0.3) is 0 Å². The number of rotatable bonds is 4. The zero-order valence-corrected chi connectivity index (χ0v) is 13.8. The average Bonchev–Trinajstić information content (AvgIpc) is 2.51. The normalized spacial score (nSPS) is 18.5. The number of nitrogens with one attached hydrogen (secondary N) is 1. The Labute approximate surface area is 133 Å². The van der Waals surface area contributed by atoms with Crippen molar-refractivity contribution in [2.45, 2.75) is 19.9 Å². The molecular weight excluding hydrogens is 272 g/mol. The summed E-state index contributed by atoms with van der Waals surface area (Å²) in [5, 5.41) is 4.89. The highest BCUT2D eigenvalue weighted by molar-refractivity contribution is 5.92. The zero-order chi connectivity index (χ0) is 15.5. The van der Waals surface area contributed by atoms with E-state index in [0.29, 0.717) is 6.04 Å². The molecule has 0 spiro atoms. The number of para-hydroxylation sites is 1. The van der Waals surface area contributed by atoms with E-state index in [1.54, 1.807) is 0 Å². The van der Waals surface area contributed by atoms with Crippen LogP contribution in [-0.4, -0.2) is 60.6 Å². The number of nitrogens with zero attached hydrogens (tertiary/aromatic N) is 3. The Morgan fingerprint density at radius 3 is 2.73 bits per heavy atom. The van der Waals surface area contributed by atoms with Crippen LogP contribution in [0.1, 0.15) is 12.5 Å². The summed E-state index contributed by atoms with van der Waals surface area (Å²) < 4.78 is 0. The molecule has 0 saturated carbocycles. The predicted octanol–water partition coefficient (Wildman–Crippen LogP) is 2.59. The summed E-state index contributed by atoms with van der Waals surface area (Å²) in [6.45, 7) is 10.1. The van der Waals surface area contributed by atoms with Crippen LogP contribution < -0.4 is 5.32 Å². The highest BCUT2D eigenvalue weighted by atomic mass is 15.3. The van der Waals surface area contributed by atoms with Gasteiger partial charge in [-0.3, -0.25) is 9.88 Å². The fraction of sp³-hybridized carbons (Fsp3) is 0.500. The monoisotopic (exact) mass is 298 g/mol. The third-order valence-electron chi connectivity index (χ3n) is 4.50. The maximum Gasteiger partial charge on any atom is 0.0751 e. The second-order valence-corrected chi connectivity index (χ2v) is 6.48. The lowest BCUT2D eigenvalue weighted by Gasteiger charge is -2.34. The van der Waals surface area contributed by atoms with Crippen molar-refractivity contribution in [3.63, 3.8) is 0 Å². The third kappa shape index (κ3) is 3.39. The van der Waals surface area contributed by atoms with E-state index < -0.39 is 0 Å². The summed E-state index contributed by atoms with van der Waals surface area (Å²) in [6, 6.07) is 8.89. The van der Waals surface area contributed by atoms with E-state index in [1.165, 1.54) is 42.8 Å². The molecule has 1 unspecified atom stereocenters. The quantitative estimate of drug-likeness (QED) is 0.940. The Morgan fingerprint density at radius 2 is 1.95 bits per heavy atom. The predicted molar refractivity (Wildman–Crippen MR) is 93.5 cm³/mol. The molecule has 4 heteroatoms. The molecule has 4 nitrogen and oxygen atoms in total. The number of benzene rings is 1. The minimum absolute atomic E-state index is 0.425. The first kappa shape index (κ1) is 15.3. The molecule has 1 aliphatic heterocycles. The molecule has 1 aromatic heterocycles. The molecule has 2 aromatic rings. The highest BCUT2D eigenvalue weighted by Gasteiger charge is 2.16. The number of hydrogen-bond donors (Lipinski definition) is 1. The molecule has 1 saturated heterocycles. The molecule has 1 aromatic carbocycles. The number of pyridine rings is 1. The lowest BCUT2D eigenvalue weighted by molar-refractivity contribution is 0.151. The van der Waals surface area contributed by atoms with Crippen LogP contribution in [0.15, 0.2) is 30.5 Å². The van der Waals surface area contributed by atoms with Gasteiger partial charge in [0, 0.05) is 56.0 Å². The van der Waals surface area contributed by atoms with Crippen LogP contribution in [0.3, 0.4) is 0 Å². The number of likely N-dealkylation sites (N-methyl/N-ethyl adjacent to an activating group) is 1. The van der Waals surface area contributed by atoms with Gasteiger partial charge >= 0.3 is 0 Å². The molecule has 1 atom stereocenters. The molecule has 2 heterocycles. The van der Waals surface area contributed by atoms with Crippen molar-refractivity contribution in [3.05, 3.63) is 36.0 Å². The van der Waals surface area contributed by atoms with Gasteiger partial charge in [0.2, 0.25) is 0 Å². The Bertz CT molecular complexity index is 632. The van der Waals surface area contributed by atoms with Gasteiger partial charge < -0.3 is 10.2 Å². The van der Waals surface area contributed by atoms with Crippen LogP contribution in [0.5, 0.6) is 0 Å². The first-order chi connectivity index (χ1) is 10.6. The standard InChI is InChI=1S/C18H26N4/c1-14-5-4-6-16-17(7-8-19-18(14)16)20-15(2)13-22-11-9-21(3)10-12-22/h4-8,15H,9-13H2,1-3H3,(H,19,20). The van der Waals surface area contributed by atoms with Gasteiger partial charge in [-0.25, -0.2) is 0 Å². The van der Waals surface area contributed by atoms with Gasteiger partial charge in [0.05, 0.1) is 5.52 Å². The van der Waals surface area contributed by atoms with Gasteiger partial charge in [0.15, 0.2) is 0 Å². The molecular formula is C18H26N4. The Kier molecular flexibility index (Phi) is 4.60. The topological polar surface area (TPSA) is 31.4 Å². The zero-order valence-electron chi connectivity index (χ0n) is 13.8. The fourth-order valence-electron chi connectivity index (χ4n) is 3.18. The van der Waals surface area contributed by atoms with Gasteiger partial charge in [-0.2, -0.15) is 0 Å². The summed E-state index contributed by atoms with van der Waals surface area (Å²) in [5.74, 6) is 0. The van der Waals surface area contributed by atoms with Gasteiger partial charge in [-0.1, -0.05) is 18.2 Å². The van der Waals surface area contributed by atoms with Gasteiger partial charge in [0.1, 0.15) is 0 Å². The van der Waals surface area contributed by atoms with E-state index in [-0.39, 0.29) is 0 Å². The number of piperazine rings is 1. The Morgan fingerprint density at radius 1 is 1.18 bits per heavy atom. The SMILES string of the molecule is Cc1cccc2c(NC(C)CN3CCN(C)CC3)ccnc12. The molecule has 118 valence electrons. The summed E-state index contributed by atoms with van der Waals surface area (Å²) >= 11 is 0. The van der Waals surface area contributed by atoms with Crippen molar-refractivity contribution in [1.29, 1.82) is 0 Å². The number of hydrogen-bond acceptors (Lipinski definition) is 4. The van der Waals surface area contributed by atoms with Crippen molar-refractivity contribution >= 4 is 16.6 Å². The van der Waals surface area contributed by atoms with E-state index >= 15 is 0 Å². The smallest absolute Gasteiger partial charge is 0.0751 e. The van der Waals surface area contributed by atoms with Crippen LogP contribution in [0.2, 0.25) is 0 Å². The van der Waals surface area contributed by atoms with E-state index in [1.807, 2.05) is 6.20 Å². The molecule has 1 fully saturated rings. The van der Waals surface area contributed by atoms with Crippen molar-refractivity contribution in [2.75, 3.05) is 45.1 Å². The molecule has 1 aliphatic rings. The van der Waals surface area contributed by atoms with Crippen LogP contribution >= 0.6 is 0 Å². The third-order valence-corrected chi connectivity index (χ3v) is 4.50. The van der Waals surface area contributed by atoms with E-state index in [4.69, 9.17) is 0 Å². The minimum atomic E-state index is 0.425. The van der Waals surface area contributed by atoms with E-state index in [2.05, 4.69) is 65.3 Å². The number of fused-ring (bicyclic) bond motifs is 1. The van der Waals surface area contributed by atoms with E-state index in [0.717, 1.165) is 12.1 Å². The number of aromatic nitrogens is 1. The van der Waals surface area contributed by atoms with Crippen LogP contribution in [0.4, 0.5) is 5.69 Å². The van der Waals surface area contributed by atoms with Crippen molar-refractivity contribution in [2.24, 2.45) is 0 Å². The molecule has 0 radical (unpaired) electrons. The number of anilines is 1. The first-order valence-electron chi connectivity index (χ1n) is 8.15. The summed E-state index contributed by atoms with van der Waals surface area (Å²) in [4.78, 5) is 9.46. The summed E-state index contributed by atoms with van der Waals surface area (Å²) in [7, 11) is 2.20. The van der Waals surface area contributed by atoms with Crippen molar-refractivity contribution < 1.29 is 0 Å². The largest absolute Gasteiger partial charge is 0.381 e. The average molecular weight is 298 g/mol. The van der Waals surface area contributed by atoms with E-state index in [9.17, 15) is 0 Å². The van der Waals surface area contributed by atoms with Gasteiger partial charge in [-0.05, 0) is 32.5 Å². The second kappa shape index (κ2) is 6.63. The van der Waals surface area contributed by atoms with Crippen LogP contribution in [0.25, 0.3) is 10.9 Å². The summed E-state index contributed by atoms with van der Waals surface area (Å²) in [5.41, 5.74) is 3.52. The molecule has 22 heavy (non-hydrogen) atoms. The van der Waals surface area contributed by atoms with Crippen LogP contribution in [0, 0.1) is 6.92 Å². The Hall–Kier alpha value is -1.65. The minimum Gasteiger partial charge on any atom is -0.381 e.